The summed E-state index contributed by atoms with van der Waals surface area (Å²) in [5.74, 6) is 1.08. The average molecular weight is 268 g/mol. The van der Waals surface area contributed by atoms with Crippen molar-refractivity contribution in [1.82, 2.24) is 4.90 Å². The number of nitrogens with two attached hydrogens (primary N) is 1. The zero-order chi connectivity index (χ0) is 14.5. The maximum absolute atomic E-state index is 12.3. The third-order valence-corrected chi connectivity index (χ3v) is 4.69. The summed E-state index contributed by atoms with van der Waals surface area (Å²) in [4.78, 5) is 14.3. The molecule has 19 heavy (non-hydrogen) atoms. The van der Waals surface area contributed by atoms with Gasteiger partial charge in [-0.25, -0.2) is 0 Å². The van der Waals surface area contributed by atoms with E-state index in [2.05, 4.69) is 20.8 Å². The monoisotopic (exact) mass is 268 g/mol. The molecule has 2 atom stereocenters. The smallest absolute Gasteiger partial charge is 0.222 e. The third-order valence-electron chi connectivity index (χ3n) is 4.69. The second-order valence-electron chi connectivity index (χ2n) is 7.13. The molecular weight excluding hydrogens is 236 g/mol. The maximum atomic E-state index is 12.3. The molecule has 0 aromatic rings. The van der Waals surface area contributed by atoms with Crippen LogP contribution in [0.25, 0.3) is 0 Å². The summed E-state index contributed by atoms with van der Waals surface area (Å²) in [6.45, 7) is 7.41. The van der Waals surface area contributed by atoms with E-state index in [0.29, 0.717) is 24.9 Å². The first-order valence-corrected chi connectivity index (χ1v) is 7.81. The molecule has 0 spiro atoms. The Kier molecular flexibility index (Phi) is 6.31. The van der Waals surface area contributed by atoms with E-state index < -0.39 is 0 Å². The van der Waals surface area contributed by atoms with E-state index in [1.54, 1.807) is 0 Å². The molecule has 0 aromatic carbocycles. The Balaban J connectivity index is 2.40. The van der Waals surface area contributed by atoms with Crippen molar-refractivity contribution in [3.63, 3.8) is 0 Å². The number of carbonyl (C=O) groups is 1. The molecule has 1 amide bonds. The van der Waals surface area contributed by atoms with E-state index in [4.69, 9.17) is 5.73 Å². The molecular formula is C16H32N2O. The summed E-state index contributed by atoms with van der Waals surface area (Å²) in [7, 11) is 1.99. The summed E-state index contributed by atoms with van der Waals surface area (Å²) in [5.41, 5.74) is 5.80. The van der Waals surface area contributed by atoms with Crippen molar-refractivity contribution in [3.8, 4) is 0 Å². The molecule has 112 valence electrons. The number of carbonyl (C=O) groups excluding carboxylic acids is 1. The minimum atomic E-state index is 0.186. The molecule has 3 heteroatoms. The lowest BCUT2D eigenvalue weighted by atomic mass is 9.83. The minimum absolute atomic E-state index is 0.186. The molecule has 2 unspecified atom stereocenters. The largest absolute Gasteiger partial charge is 0.343 e. The van der Waals surface area contributed by atoms with E-state index in [1.807, 2.05) is 11.9 Å². The van der Waals surface area contributed by atoms with Crippen molar-refractivity contribution < 1.29 is 4.79 Å². The molecule has 1 fully saturated rings. The summed E-state index contributed by atoms with van der Waals surface area (Å²) in [5, 5.41) is 0. The van der Waals surface area contributed by atoms with Crippen molar-refractivity contribution >= 4 is 5.91 Å². The van der Waals surface area contributed by atoms with Crippen LogP contribution in [0, 0.1) is 11.3 Å². The van der Waals surface area contributed by atoms with Gasteiger partial charge in [0, 0.05) is 19.5 Å². The molecule has 0 radical (unpaired) electrons. The Labute approximate surface area is 118 Å². The molecule has 1 rings (SSSR count). The first-order chi connectivity index (χ1) is 8.85. The highest BCUT2D eigenvalue weighted by atomic mass is 16.2. The molecule has 0 heterocycles. The van der Waals surface area contributed by atoms with E-state index >= 15 is 0 Å². The third kappa shape index (κ3) is 5.52. The van der Waals surface area contributed by atoms with Crippen molar-refractivity contribution in [2.75, 3.05) is 13.6 Å². The summed E-state index contributed by atoms with van der Waals surface area (Å²) >= 11 is 0. The molecule has 0 aromatic heterocycles. The van der Waals surface area contributed by atoms with Gasteiger partial charge in [-0.1, -0.05) is 33.6 Å². The molecule has 1 aliphatic rings. The van der Waals surface area contributed by atoms with Gasteiger partial charge in [0.2, 0.25) is 5.91 Å². The number of nitrogens with zero attached hydrogens (tertiary/aromatic N) is 1. The quantitative estimate of drug-likeness (QED) is 0.804. The fourth-order valence-corrected chi connectivity index (χ4v) is 3.09. The van der Waals surface area contributed by atoms with Crippen molar-refractivity contribution in [3.05, 3.63) is 0 Å². The van der Waals surface area contributed by atoms with Crippen LogP contribution < -0.4 is 5.73 Å². The van der Waals surface area contributed by atoms with Crippen molar-refractivity contribution in [2.24, 2.45) is 17.1 Å². The fraction of sp³-hybridized carbons (Fsp3) is 0.938. The molecule has 2 N–H and O–H groups in total. The Morgan fingerprint density at radius 1 is 1.32 bits per heavy atom. The van der Waals surface area contributed by atoms with Gasteiger partial charge in [-0.2, -0.15) is 0 Å². The van der Waals surface area contributed by atoms with Gasteiger partial charge in [0.05, 0.1) is 0 Å². The molecule has 1 saturated carbocycles. The highest BCUT2D eigenvalue weighted by molar-refractivity contribution is 5.76. The van der Waals surface area contributed by atoms with Crippen LogP contribution in [0.1, 0.15) is 65.7 Å². The number of rotatable bonds is 6. The van der Waals surface area contributed by atoms with E-state index in [0.717, 1.165) is 18.8 Å². The lowest BCUT2D eigenvalue weighted by molar-refractivity contribution is -0.133. The normalized spacial score (nSPS) is 24.3. The standard InChI is InChI=1S/C16H32N2O/c1-13-6-5-7-14(12-13)18(4)15(19)8-9-16(2,3)10-11-17/h13-14H,5-12,17H2,1-4H3. The molecule has 0 saturated heterocycles. The van der Waals surface area contributed by atoms with Gasteiger partial charge in [0.25, 0.3) is 0 Å². The number of amides is 1. The van der Waals surface area contributed by atoms with Crippen LogP contribution in [0.15, 0.2) is 0 Å². The van der Waals surface area contributed by atoms with Crippen LogP contribution in [0.4, 0.5) is 0 Å². The Morgan fingerprint density at radius 2 is 2.00 bits per heavy atom. The van der Waals surface area contributed by atoms with Crippen LogP contribution in [-0.4, -0.2) is 30.4 Å². The molecule has 0 aliphatic heterocycles. The predicted octanol–water partition coefficient (Wildman–Crippen LogP) is 3.18. The summed E-state index contributed by atoms with van der Waals surface area (Å²) < 4.78 is 0. The van der Waals surface area contributed by atoms with Crippen LogP contribution in [0.2, 0.25) is 0 Å². The zero-order valence-corrected chi connectivity index (χ0v) is 13.2. The van der Waals surface area contributed by atoms with Crippen molar-refractivity contribution in [2.45, 2.75) is 71.8 Å². The SMILES string of the molecule is CC1CCCC(N(C)C(=O)CCC(C)(C)CCN)C1. The second kappa shape index (κ2) is 7.28. The lowest BCUT2D eigenvalue weighted by Gasteiger charge is -2.35. The van der Waals surface area contributed by atoms with E-state index in [9.17, 15) is 4.79 Å². The minimum Gasteiger partial charge on any atom is -0.343 e. The number of hydrogen-bond donors (Lipinski definition) is 1. The van der Waals surface area contributed by atoms with Crippen LogP contribution in [0.5, 0.6) is 0 Å². The van der Waals surface area contributed by atoms with Gasteiger partial charge in [0.15, 0.2) is 0 Å². The van der Waals surface area contributed by atoms with Crippen LogP contribution in [0.3, 0.4) is 0 Å². The van der Waals surface area contributed by atoms with Crippen molar-refractivity contribution in [1.29, 1.82) is 0 Å². The Morgan fingerprint density at radius 3 is 2.58 bits per heavy atom. The first-order valence-electron chi connectivity index (χ1n) is 7.81. The Hall–Kier alpha value is -0.570. The zero-order valence-electron chi connectivity index (χ0n) is 13.2. The molecule has 1 aliphatic carbocycles. The second-order valence-corrected chi connectivity index (χ2v) is 7.13. The van der Waals surface area contributed by atoms with Gasteiger partial charge < -0.3 is 10.6 Å². The van der Waals surface area contributed by atoms with Gasteiger partial charge in [-0.05, 0) is 43.6 Å². The Bertz CT molecular complexity index is 288. The van der Waals surface area contributed by atoms with Crippen LogP contribution >= 0.6 is 0 Å². The summed E-state index contributed by atoms with van der Waals surface area (Å²) in [6.07, 6.45) is 7.53. The van der Waals surface area contributed by atoms with Gasteiger partial charge in [-0.3, -0.25) is 4.79 Å². The van der Waals surface area contributed by atoms with Crippen LogP contribution in [-0.2, 0) is 4.79 Å². The van der Waals surface area contributed by atoms with Gasteiger partial charge >= 0.3 is 0 Å². The average Bonchev–Trinajstić information content (AvgIpc) is 2.35. The molecule has 3 nitrogen and oxygen atoms in total. The fourth-order valence-electron chi connectivity index (χ4n) is 3.09. The topological polar surface area (TPSA) is 46.3 Å². The van der Waals surface area contributed by atoms with Gasteiger partial charge in [-0.15, -0.1) is 0 Å². The predicted molar refractivity (Wildman–Crippen MR) is 80.9 cm³/mol. The number of hydrogen-bond acceptors (Lipinski definition) is 2. The molecule has 0 bridgehead atoms. The van der Waals surface area contributed by atoms with Gasteiger partial charge in [0.1, 0.15) is 0 Å². The summed E-state index contributed by atoms with van der Waals surface area (Å²) in [6, 6.07) is 0.467. The first kappa shape index (κ1) is 16.5. The maximum Gasteiger partial charge on any atom is 0.222 e. The van der Waals surface area contributed by atoms with E-state index in [1.165, 1.54) is 25.7 Å². The highest BCUT2D eigenvalue weighted by Crippen LogP contribution is 2.29. The lowest BCUT2D eigenvalue weighted by Crippen LogP contribution is -2.40. The highest BCUT2D eigenvalue weighted by Gasteiger charge is 2.26. The van der Waals surface area contributed by atoms with E-state index in [-0.39, 0.29) is 5.41 Å².